The summed E-state index contributed by atoms with van der Waals surface area (Å²) in [4.78, 5) is 13.4. The van der Waals surface area contributed by atoms with Crippen LogP contribution in [0.25, 0.3) is 0 Å². The number of anilines is 1. The summed E-state index contributed by atoms with van der Waals surface area (Å²) >= 11 is 0. The van der Waals surface area contributed by atoms with E-state index in [1.807, 2.05) is 6.92 Å². The molecule has 5 nitrogen and oxygen atoms in total. The fraction of sp³-hybridized carbons (Fsp3) is 0.800. The molecule has 1 unspecified atom stereocenters. The maximum Gasteiger partial charge on any atom is 0.223 e. The molecule has 0 radical (unpaired) electrons. The topological polar surface area (TPSA) is 73.9 Å². The van der Waals surface area contributed by atoms with Gasteiger partial charge in [-0.2, -0.15) is 9.97 Å². The van der Waals surface area contributed by atoms with E-state index in [9.17, 15) is 0 Å². The van der Waals surface area contributed by atoms with Crippen LogP contribution in [0, 0.1) is 5.92 Å². The summed E-state index contributed by atoms with van der Waals surface area (Å²) in [6, 6.07) is 0. The Labute approximate surface area is 120 Å². The highest BCUT2D eigenvalue weighted by atomic mass is 16.5. The zero-order valence-corrected chi connectivity index (χ0v) is 12.2. The molecule has 110 valence electrons. The van der Waals surface area contributed by atoms with E-state index in [1.54, 1.807) is 0 Å². The number of nitrogens with zero attached hydrogens (tertiary/aromatic N) is 3. The summed E-state index contributed by atoms with van der Waals surface area (Å²) in [7, 11) is 0. The van der Waals surface area contributed by atoms with Gasteiger partial charge in [0.25, 0.3) is 0 Å². The molecule has 2 N–H and O–H groups in total. The molecule has 0 aromatic carbocycles. The van der Waals surface area contributed by atoms with Crippen LogP contribution in [0.15, 0.2) is 0 Å². The standard InChI is InChI=1S/C15H24N4O/c1-2-20-12(10-8-9-10)14-17-13(18-15(16)19-14)11-6-4-3-5-7-11/h10-12H,2-9H2,1H3,(H2,16,17,18,19). The van der Waals surface area contributed by atoms with Gasteiger partial charge in [0.15, 0.2) is 5.82 Å². The van der Waals surface area contributed by atoms with E-state index >= 15 is 0 Å². The molecular formula is C15H24N4O. The van der Waals surface area contributed by atoms with E-state index < -0.39 is 0 Å². The molecule has 20 heavy (non-hydrogen) atoms. The van der Waals surface area contributed by atoms with Crippen LogP contribution in [-0.4, -0.2) is 21.6 Å². The van der Waals surface area contributed by atoms with Crippen molar-refractivity contribution in [2.24, 2.45) is 5.92 Å². The number of hydrogen-bond donors (Lipinski definition) is 1. The molecular weight excluding hydrogens is 252 g/mol. The van der Waals surface area contributed by atoms with Gasteiger partial charge in [-0.3, -0.25) is 0 Å². The van der Waals surface area contributed by atoms with Gasteiger partial charge >= 0.3 is 0 Å². The first-order chi connectivity index (χ1) is 9.78. The van der Waals surface area contributed by atoms with E-state index in [0.29, 0.717) is 24.4 Å². The Hall–Kier alpha value is -1.23. The minimum absolute atomic E-state index is 0.00707. The van der Waals surface area contributed by atoms with Gasteiger partial charge < -0.3 is 10.5 Å². The Kier molecular flexibility index (Phi) is 4.15. The van der Waals surface area contributed by atoms with Gasteiger partial charge in [0, 0.05) is 12.5 Å². The molecule has 2 aliphatic carbocycles. The Morgan fingerprint density at radius 2 is 1.85 bits per heavy atom. The van der Waals surface area contributed by atoms with Gasteiger partial charge in [-0.15, -0.1) is 0 Å². The molecule has 1 atom stereocenters. The second-order valence-electron chi connectivity index (χ2n) is 5.96. The Balaban J connectivity index is 1.84. The van der Waals surface area contributed by atoms with Crippen molar-refractivity contribution in [2.75, 3.05) is 12.3 Å². The highest BCUT2D eigenvalue weighted by molar-refractivity contribution is 5.19. The third-order valence-corrected chi connectivity index (χ3v) is 4.31. The molecule has 1 aromatic heterocycles. The van der Waals surface area contributed by atoms with Crippen molar-refractivity contribution in [3.8, 4) is 0 Å². The molecule has 2 aliphatic rings. The average Bonchev–Trinajstić information content (AvgIpc) is 3.29. The van der Waals surface area contributed by atoms with Gasteiger partial charge in [0.1, 0.15) is 11.9 Å². The Bertz CT molecular complexity index is 455. The van der Waals surface area contributed by atoms with Crippen molar-refractivity contribution in [1.29, 1.82) is 0 Å². The van der Waals surface area contributed by atoms with Crippen LogP contribution < -0.4 is 5.73 Å². The summed E-state index contributed by atoms with van der Waals surface area (Å²) < 4.78 is 5.84. The lowest BCUT2D eigenvalue weighted by Gasteiger charge is -2.22. The largest absolute Gasteiger partial charge is 0.370 e. The van der Waals surface area contributed by atoms with Crippen LogP contribution in [0.4, 0.5) is 5.95 Å². The first-order valence-electron chi connectivity index (χ1n) is 7.91. The predicted octanol–water partition coefficient (Wildman–Crippen LogP) is 2.99. The third-order valence-electron chi connectivity index (χ3n) is 4.31. The molecule has 1 aromatic rings. The lowest BCUT2D eigenvalue weighted by Crippen LogP contribution is -2.17. The molecule has 0 spiro atoms. The van der Waals surface area contributed by atoms with Crippen molar-refractivity contribution in [2.45, 2.75) is 63.9 Å². The first kappa shape index (κ1) is 13.7. The maximum absolute atomic E-state index is 5.90. The van der Waals surface area contributed by atoms with Crippen LogP contribution in [0.2, 0.25) is 0 Å². The molecule has 0 aliphatic heterocycles. The number of nitrogens with two attached hydrogens (primary N) is 1. The molecule has 2 fully saturated rings. The van der Waals surface area contributed by atoms with Crippen LogP contribution in [0.5, 0.6) is 0 Å². The second kappa shape index (κ2) is 6.04. The van der Waals surface area contributed by atoms with E-state index in [4.69, 9.17) is 15.5 Å². The van der Waals surface area contributed by atoms with Crippen molar-refractivity contribution < 1.29 is 4.74 Å². The average molecular weight is 276 g/mol. The zero-order valence-electron chi connectivity index (χ0n) is 12.2. The second-order valence-corrected chi connectivity index (χ2v) is 5.96. The predicted molar refractivity (Wildman–Crippen MR) is 77.2 cm³/mol. The van der Waals surface area contributed by atoms with Crippen molar-refractivity contribution in [3.05, 3.63) is 11.6 Å². The number of nitrogen functional groups attached to an aromatic ring is 1. The van der Waals surface area contributed by atoms with Crippen LogP contribution >= 0.6 is 0 Å². The quantitative estimate of drug-likeness (QED) is 0.895. The van der Waals surface area contributed by atoms with Gasteiger partial charge in [-0.05, 0) is 38.5 Å². The fourth-order valence-electron chi connectivity index (χ4n) is 3.10. The molecule has 2 saturated carbocycles. The summed E-state index contributed by atoms with van der Waals surface area (Å²) in [6.07, 6.45) is 8.62. The van der Waals surface area contributed by atoms with Gasteiger partial charge in [0.05, 0.1) is 0 Å². The van der Waals surface area contributed by atoms with Crippen LogP contribution in [0.1, 0.15) is 75.5 Å². The van der Waals surface area contributed by atoms with Gasteiger partial charge in [0.2, 0.25) is 5.95 Å². The van der Waals surface area contributed by atoms with Crippen molar-refractivity contribution >= 4 is 5.95 Å². The van der Waals surface area contributed by atoms with Gasteiger partial charge in [-0.25, -0.2) is 4.98 Å². The smallest absolute Gasteiger partial charge is 0.223 e. The number of rotatable bonds is 5. The molecule has 0 amide bonds. The lowest BCUT2D eigenvalue weighted by molar-refractivity contribution is 0.0397. The summed E-state index contributed by atoms with van der Waals surface area (Å²) in [5, 5.41) is 0. The maximum atomic E-state index is 5.90. The molecule has 3 rings (SSSR count). The van der Waals surface area contributed by atoms with Crippen molar-refractivity contribution in [1.82, 2.24) is 15.0 Å². The Morgan fingerprint density at radius 1 is 1.10 bits per heavy atom. The summed E-state index contributed by atoms with van der Waals surface area (Å²) in [6.45, 7) is 2.70. The molecule has 1 heterocycles. The fourth-order valence-corrected chi connectivity index (χ4v) is 3.10. The van der Waals surface area contributed by atoms with Crippen LogP contribution in [0.3, 0.4) is 0 Å². The van der Waals surface area contributed by atoms with E-state index in [-0.39, 0.29) is 6.10 Å². The minimum Gasteiger partial charge on any atom is -0.370 e. The normalized spacial score (nSPS) is 21.9. The summed E-state index contributed by atoms with van der Waals surface area (Å²) in [5.41, 5.74) is 5.90. The van der Waals surface area contributed by atoms with E-state index in [2.05, 4.69) is 9.97 Å². The molecule has 0 saturated heterocycles. The van der Waals surface area contributed by atoms with E-state index in [0.717, 1.165) is 11.6 Å². The Morgan fingerprint density at radius 3 is 2.50 bits per heavy atom. The molecule has 0 bridgehead atoms. The number of ether oxygens (including phenoxy) is 1. The monoisotopic (exact) mass is 276 g/mol. The summed E-state index contributed by atoms with van der Waals surface area (Å²) in [5.74, 6) is 3.01. The zero-order chi connectivity index (χ0) is 13.9. The van der Waals surface area contributed by atoms with Crippen LogP contribution in [-0.2, 0) is 4.74 Å². The number of hydrogen-bond acceptors (Lipinski definition) is 5. The highest BCUT2D eigenvalue weighted by Crippen LogP contribution is 2.42. The van der Waals surface area contributed by atoms with Gasteiger partial charge in [-0.1, -0.05) is 19.3 Å². The van der Waals surface area contributed by atoms with E-state index in [1.165, 1.54) is 44.9 Å². The third kappa shape index (κ3) is 3.08. The number of aromatic nitrogens is 3. The lowest BCUT2D eigenvalue weighted by atomic mass is 9.89. The minimum atomic E-state index is 0.00707. The highest BCUT2D eigenvalue weighted by Gasteiger charge is 2.35. The van der Waals surface area contributed by atoms with Crippen molar-refractivity contribution in [3.63, 3.8) is 0 Å². The SMILES string of the molecule is CCOC(c1nc(N)nc(C2CCCCC2)n1)C1CC1. The first-order valence-corrected chi connectivity index (χ1v) is 7.91. The molecule has 5 heteroatoms.